The Morgan fingerprint density at radius 1 is 1.15 bits per heavy atom. The highest BCUT2D eigenvalue weighted by Gasteiger charge is 2.53. The third-order valence-corrected chi connectivity index (χ3v) is 10.3. The number of rotatable bonds is 9. The zero-order valence-electron chi connectivity index (χ0n) is 25.2. The number of likely N-dealkylation sites (tertiary alicyclic amines) is 1. The van der Waals surface area contributed by atoms with E-state index in [2.05, 4.69) is 68.1 Å². The molecule has 4 nitrogen and oxygen atoms in total. The highest BCUT2D eigenvalue weighted by molar-refractivity contribution is 5.98. The van der Waals surface area contributed by atoms with Gasteiger partial charge in [0.05, 0.1) is 16.8 Å². The van der Waals surface area contributed by atoms with Crippen molar-refractivity contribution in [1.29, 1.82) is 0 Å². The second-order valence-electron chi connectivity index (χ2n) is 12.8. The summed E-state index contributed by atoms with van der Waals surface area (Å²) in [5, 5.41) is 14.0. The largest absolute Gasteiger partial charge is 0.385 e. The van der Waals surface area contributed by atoms with Gasteiger partial charge in [-0.15, -0.1) is 0 Å². The lowest BCUT2D eigenvalue weighted by molar-refractivity contribution is -0.0806. The molecule has 0 bridgehead atoms. The minimum atomic E-state index is -0.843. The molecule has 0 amide bonds. The predicted molar refractivity (Wildman–Crippen MR) is 171 cm³/mol. The third-order valence-electron chi connectivity index (χ3n) is 10.3. The maximum atomic E-state index is 12.8. The first-order valence-corrected chi connectivity index (χ1v) is 16.1. The summed E-state index contributed by atoms with van der Waals surface area (Å²) in [6.45, 7) is 18.4. The van der Waals surface area contributed by atoms with Crippen molar-refractivity contribution in [3.8, 4) is 0 Å². The predicted octanol–water partition coefficient (Wildman–Crippen LogP) is 8.51. The van der Waals surface area contributed by atoms with E-state index < -0.39 is 5.60 Å². The van der Waals surface area contributed by atoms with Gasteiger partial charge < -0.3 is 15.0 Å². The molecular formula is C36H51N3O. The number of H-pyrrole nitrogens is 1. The molecular weight excluding hydrogens is 490 g/mol. The van der Waals surface area contributed by atoms with Crippen LogP contribution in [0.1, 0.15) is 95.5 Å². The molecule has 3 aliphatic rings. The van der Waals surface area contributed by atoms with Crippen LogP contribution in [0.5, 0.6) is 0 Å². The number of nitrogens with one attached hydrogen (secondary N) is 1. The maximum Gasteiger partial charge on any atom is 0.0903 e. The summed E-state index contributed by atoms with van der Waals surface area (Å²) in [5.74, 6) is 2.01. The molecule has 216 valence electrons. The number of unbranched alkanes of at least 4 members (excludes halogenated alkanes) is 1. The summed E-state index contributed by atoms with van der Waals surface area (Å²) in [6.07, 6.45) is 23.1. The minimum Gasteiger partial charge on any atom is -0.385 e. The highest BCUT2D eigenvalue weighted by atomic mass is 16.3. The number of hydrogen-bond acceptors (Lipinski definition) is 3. The molecule has 1 aliphatic heterocycles. The first-order chi connectivity index (χ1) is 19.5. The Kier molecular flexibility index (Phi) is 9.17. The molecule has 1 saturated heterocycles. The number of hydrogen-bond donors (Lipinski definition) is 2. The van der Waals surface area contributed by atoms with Crippen LogP contribution in [0, 0.1) is 29.6 Å². The van der Waals surface area contributed by atoms with Crippen molar-refractivity contribution in [3.63, 3.8) is 0 Å². The smallest absolute Gasteiger partial charge is 0.0903 e. The lowest BCUT2D eigenvalue weighted by Gasteiger charge is -2.55. The molecule has 1 fully saturated rings. The quantitative estimate of drug-likeness (QED) is 0.313. The van der Waals surface area contributed by atoms with Gasteiger partial charge in [-0.05, 0) is 105 Å². The van der Waals surface area contributed by atoms with Gasteiger partial charge in [-0.25, -0.2) is 0 Å². The van der Waals surface area contributed by atoms with Crippen molar-refractivity contribution in [2.45, 2.75) is 84.2 Å². The van der Waals surface area contributed by atoms with E-state index >= 15 is 0 Å². The van der Waals surface area contributed by atoms with Gasteiger partial charge in [0.25, 0.3) is 0 Å². The van der Waals surface area contributed by atoms with E-state index in [0.717, 1.165) is 66.8 Å². The zero-order valence-corrected chi connectivity index (χ0v) is 25.2. The lowest BCUT2D eigenvalue weighted by atomic mass is 9.55. The van der Waals surface area contributed by atoms with E-state index in [4.69, 9.17) is 4.98 Å². The van der Waals surface area contributed by atoms with Gasteiger partial charge in [-0.1, -0.05) is 71.4 Å². The third kappa shape index (κ3) is 5.42. The van der Waals surface area contributed by atoms with Crippen molar-refractivity contribution in [1.82, 2.24) is 14.9 Å². The average molecular weight is 542 g/mol. The van der Waals surface area contributed by atoms with E-state index in [1.807, 2.05) is 18.3 Å². The van der Waals surface area contributed by atoms with Gasteiger partial charge in [0, 0.05) is 29.4 Å². The van der Waals surface area contributed by atoms with Crippen LogP contribution in [-0.2, 0) is 0 Å². The van der Waals surface area contributed by atoms with E-state index in [9.17, 15) is 5.11 Å². The highest BCUT2D eigenvalue weighted by Crippen LogP contribution is 2.54. The van der Waals surface area contributed by atoms with Gasteiger partial charge in [0.2, 0.25) is 0 Å². The van der Waals surface area contributed by atoms with Crippen molar-refractivity contribution in [3.05, 3.63) is 60.6 Å². The Morgan fingerprint density at radius 2 is 2.00 bits per heavy atom. The second kappa shape index (κ2) is 12.6. The first kappa shape index (κ1) is 29.1. The molecule has 5 rings (SSSR count). The fourth-order valence-corrected chi connectivity index (χ4v) is 8.43. The normalized spacial score (nSPS) is 32.1. The van der Waals surface area contributed by atoms with E-state index in [-0.39, 0.29) is 5.92 Å². The van der Waals surface area contributed by atoms with Gasteiger partial charge in [0.1, 0.15) is 0 Å². The van der Waals surface area contributed by atoms with Gasteiger partial charge >= 0.3 is 0 Å². The van der Waals surface area contributed by atoms with Crippen LogP contribution in [0.2, 0.25) is 0 Å². The molecule has 0 aromatic carbocycles. The number of pyridine rings is 1. The van der Waals surface area contributed by atoms with Crippen LogP contribution in [0.25, 0.3) is 28.6 Å². The van der Waals surface area contributed by atoms with Crippen molar-refractivity contribution >= 4 is 28.6 Å². The fourth-order valence-electron chi connectivity index (χ4n) is 8.43. The molecule has 40 heavy (non-hydrogen) atoms. The maximum absolute atomic E-state index is 12.8. The topological polar surface area (TPSA) is 52.1 Å². The Hall–Kier alpha value is -2.43. The lowest BCUT2D eigenvalue weighted by Crippen LogP contribution is -2.56. The van der Waals surface area contributed by atoms with E-state index in [0.29, 0.717) is 23.7 Å². The van der Waals surface area contributed by atoms with Crippen LogP contribution in [-0.4, -0.2) is 45.2 Å². The first-order valence-electron chi connectivity index (χ1n) is 16.1. The molecule has 0 radical (unpaired) electrons. The molecule has 3 heterocycles. The molecule has 0 saturated carbocycles. The number of aromatic amines is 1. The van der Waals surface area contributed by atoms with E-state index in [1.165, 1.54) is 44.1 Å². The number of nitrogens with zero attached hydrogens (tertiary/aromatic N) is 2. The van der Waals surface area contributed by atoms with E-state index in [1.54, 1.807) is 0 Å². The second-order valence-corrected chi connectivity index (χ2v) is 12.8. The summed E-state index contributed by atoms with van der Waals surface area (Å²) in [5.41, 5.74) is 4.52. The molecule has 0 spiro atoms. The van der Waals surface area contributed by atoms with Crippen LogP contribution in [0.15, 0.2) is 43.6 Å². The van der Waals surface area contributed by atoms with Crippen molar-refractivity contribution in [2.75, 3.05) is 19.6 Å². The Balaban J connectivity index is 1.67. The standard InChI is InChI=1S/C36H51N3O/c1-6-10-21-39-22-18-28-30(34-35-29(17-20-37-34)26(8-3)32(9-4)38-35)23-36(40,19-7-2)33(31(28)24-39)27-16-14-12-11-13-15-25(27)5/h8-9,13,15,17,20,23,25,27-28,31,33,38,40H,3-4,6-7,10-12,14,16,18-19,21-22,24H2,1-2,5H3/b15-13-/t25?,27?,28-,31?,33+,36?/m0/s1. The molecule has 2 aromatic heterocycles. The molecule has 6 atom stereocenters. The SMILES string of the molecule is C=Cc1[nH]c2c(C3=CC(O)(CCC)[C@H](C4CCCC/C=C\C4C)C4CN(CCCC)CC[C@@H]34)nccc2c1C=C. The molecule has 4 unspecified atom stereocenters. The average Bonchev–Trinajstić information content (AvgIpc) is 3.32. The Morgan fingerprint density at radius 3 is 2.75 bits per heavy atom. The summed E-state index contributed by atoms with van der Waals surface area (Å²) in [6, 6.07) is 2.08. The Labute approximate surface area is 242 Å². The molecule has 4 heteroatoms. The van der Waals surface area contributed by atoms with Crippen LogP contribution in [0.4, 0.5) is 0 Å². The van der Waals surface area contributed by atoms with Crippen LogP contribution < -0.4 is 0 Å². The number of piperidine rings is 1. The summed E-state index contributed by atoms with van der Waals surface area (Å²) < 4.78 is 0. The molecule has 2 N–H and O–H groups in total. The zero-order chi connectivity index (χ0) is 28.3. The number of fused-ring (bicyclic) bond motifs is 2. The van der Waals surface area contributed by atoms with Gasteiger partial charge in [-0.2, -0.15) is 0 Å². The van der Waals surface area contributed by atoms with Gasteiger partial charge in [-0.3, -0.25) is 4.98 Å². The fraction of sp³-hybridized carbons (Fsp3) is 0.583. The van der Waals surface area contributed by atoms with Crippen LogP contribution in [0.3, 0.4) is 0 Å². The summed E-state index contributed by atoms with van der Waals surface area (Å²) >= 11 is 0. The number of aliphatic hydroxyl groups is 1. The van der Waals surface area contributed by atoms with Crippen molar-refractivity contribution < 1.29 is 5.11 Å². The molecule has 2 aliphatic carbocycles. The minimum absolute atomic E-state index is 0.249. The number of aromatic nitrogens is 2. The molecule has 2 aromatic rings. The summed E-state index contributed by atoms with van der Waals surface area (Å²) in [4.78, 5) is 11.3. The Bertz CT molecular complexity index is 1250. The van der Waals surface area contributed by atoms with Crippen molar-refractivity contribution in [2.24, 2.45) is 29.6 Å². The van der Waals surface area contributed by atoms with Crippen LogP contribution >= 0.6 is 0 Å². The number of allylic oxidation sites excluding steroid dienone is 3. The van der Waals surface area contributed by atoms with Gasteiger partial charge in [0.15, 0.2) is 0 Å². The summed E-state index contributed by atoms with van der Waals surface area (Å²) in [7, 11) is 0. The monoisotopic (exact) mass is 541 g/mol.